The molecule has 2 aromatic rings. The number of aldehydes is 1. The topological polar surface area (TPSA) is 102 Å². The van der Waals surface area contributed by atoms with Gasteiger partial charge in [-0.2, -0.15) is 0 Å². The minimum atomic E-state index is -1.29. The van der Waals surface area contributed by atoms with Crippen LogP contribution in [-0.4, -0.2) is 31.2 Å². The summed E-state index contributed by atoms with van der Waals surface area (Å²) in [4.78, 5) is 46.6. The van der Waals surface area contributed by atoms with E-state index in [4.69, 9.17) is 4.74 Å². The van der Waals surface area contributed by atoms with Gasteiger partial charge in [0.1, 0.15) is 6.29 Å². The molecule has 0 aliphatic rings. The van der Waals surface area contributed by atoms with E-state index in [0.29, 0.717) is 17.4 Å². The molecular weight excluding hydrogens is 324 g/mol. The van der Waals surface area contributed by atoms with Crippen molar-refractivity contribution in [3.63, 3.8) is 0 Å². The summed E-state index contributed by atoms with van der Waals surface area (Å²) in [6.45, 7) is 0. The van der Waals surface area contributed by atoms with Crippen molar-refractivity contribution in [2.75, 3.05) is 7.05 Å². The van der Waals surface area contributed by atoms with Crippen molar-refractivity contribution in [3.05, 3.63) is 71.3 Å². The monoisotopic (exact) mass is 340 g/mol. The van der Waals surface area contributed by atoms with Crippen LogP contribution < -0.4 is 10.6 Å². The lowest BCUT2D eigenvalue weighted by atomic mass is 10.1. The molecule has 0 radical (unpaired) electrons. The largest absolute Gasteiger partial charge is 0.444 e. The molecular formula is C18H16N2O5. The number of rotatable bonds is 5. The van der Waals surface area contributed by atoms with Gasteiger partial charge in [-0.05, 0) is 12.1 Å². The van der Waals surface area contributed by atoms with Gasteiger partial charge in [-0.15, -0.1) is 0 Å². The van der Waals surface area contributed by atoms with E-state index in [2.05, 4.69) is 10.6 Å². The fourth-order valence-corrected chi connectivity index (χ4v) is 2.01. The van der Waals surface area contributed by atoms with E-state index in [1.54, 1.807) is 30.3 Å². The molecule has 0 fully saturated rings. The Kier molecular flexibility index (Phi) is 6.00. The first kappa shape index (κ1) is 17.9. The molecule has 1 atom stereocenters. The molecule has 7 nitrogen and oxygen atoms in total. The number of benzene rings is 2. The first-order valence-electron chi connectivity index (χ1n) is 7.39. The fraction of sp³-hybridized carbons (Fsp3) is 0.111. The summed E-state index contributed by atoms with van der Waals surface area (Å²) in [5.41, 5.74) is 1.01. The van der Waals surface area contributed by atoms with Crippen LogP contribution in [0.25, 0.3) is 0 Å². The Balaban J connectivity index is 2.22. The van der Waals surface area contributed by atoms with E-state index in [9.17, 15) is 19.2 Å². The summed E-state index contributed by atoms with van der Waals surface area (Å²) >= 11 is 0. The zero-order valence-corrected chi connectivity index (χ0v) is 13.4. The normalized spacial score (nSPS) is 11.1. The Morgan fingerprint density at radius 3 is 2.20 bits per heavy atom. The van der Waals surface area contributed by atoms with Gasteiger partial charge in [0.15, 0.2) is 0 Å². The van der Waals surface area contributed by atoms with Gasteiger partial charge < -0.3 is 10.1 Å². The van der Waals surface area contributed by atoms with Crippen LogP contribution in [0.15, 0.2) is 54.6 Å². The average Bonchev–Trinajstić information content (AvgIpc) is 2.66. The summed E-state index contributed by atoms with van der Waals surface area (Å²) in [7, 11) is 1.36. The lowest BCUT2D eigenvalue weighted by Gasteiger charge is -2.17. The number of nitrogens with one attached hydrogen (secondary N) is 2. The van der Waals surface area contributed by atoms with Gasteiger partial charge in [-0.3, -0.25) is 14.9 Å². The summed E-state index contributed by atoms with van der Waals surface area (Å²) in [6, 6.07) is 13.4. The number of ether oxygens (including phenoxy) is 1. The van der Waals surface area contributed by atoms with Gasteiger partial charge in [0, 0.05) is 18.2 Å². The number of hydrogen-bond acceptors (Lipinski definition) is 5. The number of carbonyl (C=O) groups excluding carboxylic acids is 4. The van der Waals surface area contributed by atoms with Crippen LogP contribution in [-0.2, 0) is 9.53 Å². The number of urea groups is 1. The van der Waals surface area contributed by atoms with E-state index in [1.807, 2.05) is 0 Å². The third-order valence-electron chi connectivity index (χ3n) is 3.31. The number of hydrogen-bond donors (Lipinski definition) is 2. The molecule has 1 unspecified atom stereocenters. The smallest absolute Gasteiger partial charge is 0.339 e. The average molecular weight is 340 g/mol. The predicted octanol–water partition coefficient (Wildman–Crippen LogP) is 1.85. The zero-order valence-electron chi connectivity index (χ0n) is 13.4. The van der Waals surface area contributed by atoms with Gasteiger partial charge in [0.2, 0.25) is 6.10 Å². The highest BCUT2D eigenvalue weighted by atomic mass is 16.5. The molecule has 0 aromatic heterocycles. The number of amides is 3. The maximum absolute atomic E-state index is 12.3. The number of imide groups is 1. The van der Waals surface area contributed by atoms with Gasteiger partial charge >= 0.3 is 12.0 Å². The standard InChI is InChI=1S/C18H16N2O5/c1-19-18(24)20-16(22)15(13-5-3-2-4-6-13)25-17(23)14-9-7-12(11-21)8-10-14/h2-11,15H,1H3,(H2,19,20,22,24). The molecule has 0 aliphatic carbocycles. The highest BCUT2D eigenvalue weighted by molar-refractivity contribution is 5.99. The molecule has 2 aromatic carbocycles. The summed E-state index contributed by atoms with van der Waals surface area (Å²) in [5.74, 6) is -1.53. The van der Waals surface area contributed by atoms with Crippen molar-refractivity contribution in [1.82, 2.24) is 10.6 Å². The Morgan fingerprint density at radius 2 is 1.64 bits per heavy atom. The van der Waals surface area contributed by atoms with Crippen molar-refractivity contribution in [2.24, 2.45) is 0 Å². The SMILES string of the molecule is CNC(=O)NC(=O)C(OC(=O)c1ccc(C=O)cc1)c1ccccc1. The van der Waals surface area contributed by atoms with Gasteiger partial charge in [-0.25, -0.2) is 9.59 Å². The zero-order chi connectivity index (χ0) is 18.2. The molecule has 25 heavy (non-hydrogen) atoms. The van der Waals surface area contributed by atoms with Crippen LogP contribution in [0.2, 0.25) is 0 Å². The number of esters is 1. The van der Waals surface area contributed by atoms with E-state index < -0.39 is 24.0 Å². The van der Waals surface area contributed by atoms with Crippen molar-refractivity contribution in [2.45, 2.75) is 6.10 Å². The predicted molar refractivity (Wildman–Crippen MR) is 89.0 cm³/mol. The molecule has 0 saturated carbocycles. The molecule has 7 heteroatoms. The third kappa shape index (κ3) is 4.74. The van der Waals surface area contributed by atoms with Crippen LogP contribution in [0.4, 0.5) is 4.79 Å². The molecule has 0 saturated heterocycles. The van der Waals surface area contributed by atoms with Crippen LogP contribution >= 0.6 is 0 Å². The molecule has 0 heterocycles. The minimum Gasteiger partial charge on any atom is -0.444 e. The first-order chi connectivity index (χ1) is 12.0. The number of carbonyl (C=O) groups is 4. The second-order valence-corrected chi connectivity index (χ2v) is 5.00. The van der Waals surface area contributed by atoms with Crippen molar-refractivity contribution >= 4 is 24.2 Å². The summed E-state index contributed by atoms with van der Waals surface area (Å²) in [6.07, 6.45) is -0.643. The first-order valence-corrected chi connectivity index (χ1v) is 7.39. The van der Waals surface area contributed by atoms with E-state index in [-0.39, 0.29) is 5.56 Å². The maximum Gasteiger partial charge on any atom is 0.339 e. The van der Waals surface area contributed by atoms with Crippen molar-refractivity contribution in [1.29, 1.82) is 0 Å². The van der Waals surface area contributed by atoms with Crippen LogP contribution in [0, 0.1) is 0 Å². The summed E-state index contributed by atoms with van der Waals surface area (Å²) in [5, 5.41) is 4.35. The molecule has 0 spiro atoms. The van der Waals surface area contributed by atoms with Crippen LogP contribution in [0.3, 0.4) is 0 Å². The molecule has 0 aliphatic heterocycles. The Bertz CT molecular complexity index is 772. The van der Waals surface area contributed by atoms with Crippen molar-refractivity contribution < 1.29 is 23.9 Å². The molecule has 128 valence electrons. The Hall–Kier alpha value is -3.48. The highest BCUT2D eigenvalue weighted by Crippen LogP contribution is 2.19. The Labute approximate surface area is 144 Å². The molecule has 3 amide bonds. The molecule has 0 bridgehead atoms. The second-order valence-electron chi connectivity index (χ2n) is 5.00. The van der Waals surface area contributed by atoms with Crippen LogP contribution in [0.1, 0.15) is 32.4 Å². The summed E-state index contributed by atoms with van der Waals surface area (Å²) < 4.78 is 5.28. The van der Waals surface area contributed by atoms with Crippen molar-refractivity contribution in [3.8, 4) is 0 Å². The van der Waals surface area contributed by atoms with Gasteiger partial charge in [0.05, 0.1) is 5.56 Å². The third-order valence-corrected chi connectivity index (χ3v) is 3.31. The lowest BCUT2D eigenvalue weighted by molar-refractivity contribution is -0.129. The van der Waals surface area contributed by atoms with E-state index in [1.165, 1.54) is 31.3 Å². The Morgan fingerprint density at radius 1 is 1.00 bits per heavy atom. The maximum atomic E-state index is 12.3. The quantitative estimate of drug-likeness (QED) is 0.639. The molecule has 2 N–H and O–H groups in total. The van der Waals surface area contributed by atoms with E-state index in [0.717, 1.165) is 0 Å². The highest BCUT2D eigenvalue weighted by Gasteiger charge is 2.26. The van der Waals surface area contributed by atoms with Gasteiger partial charge in [0.25, 0.3) is 5.91 Å². The fourth-order valence-electron chi connectivity index (χ4n) is 2.01. The minimum absolute atomic E-state index is 0.180. The molecule has 2 rings (SSSR count). The lowest BCUT2D eigenvalue weighted by Crippen LogP contribution is -2.41. The van der Waals surface area contributed by atoms with Gasteiger partial charge in [-0.1, -0.05) is 42.5 Å². The van der Waals surface area contributed by atoms with E-state index >= 15 is 0 Å². The second kappa shape index (κ2) is 8.39. The van der Waals surface area contributed by atoms with Crippen LogP contribution in [0.5, 0.6) is 0 Å².